The van der Waals surface area contributed by atoms with Crippen LogP contribution in [0.5, 0.6) is 0 Å². The van der Waals surface area contributed by atoms with Crippen LogP contribution in [-0.2, 0) is 0 Å². The summed E-state index contributed by atoms with van der Waals surface area (Å²) in [5.74, 6) is 0.0875. The van der Waals surface area contributed by atoms with Gasteiger partial charge in [-0.3, -0.25) is 9.69 Å². The SMILES string of the molecule is CC(N)C1(O)CCN(CC(=O)c2ccccc2)C1. The molecule has 0 amide bonds. The Balaban J connectivity index is 1.95. The average molecular weight is 248 g/mol. The van der Waals surface area contributed by atoms with Crippen LogP contribution in [-0.4, -0.2) is 47.1 Å². The third-order valence-electron chi connectivity index (χ3n) is 3.67. The van der Waals surface area contributed by atoms with E-state index >= 15 is 0 Å². The maximum Gasteiger partial charge on any atom is 0.176 e. The number of hydrogen-bond acceptors (Lipinski definition) is 4. The fourth-order valence-corrected chi connectivity index (χ4v) is 2.32. The van der Waals surface area contributed by atoms with E-state index in [-0.39, 0.29) is 11.8 Å². The fourth-order valence-electron chi connectivity index (χ4n) is 2.32. The Morgan fingerprint density at radius 2 is 2.17 bits per heavy atom. The fraction of sp³-hybridized carbons (Fsp3) is 0.500. The lowest BCUT2D eigenvalue weighted by Crippen LogP contribution is -2.48. The van der Waals surface area contributed by atoms with E-state index in [2.05, 4.69) is 0 Å². The van der Waals surface area contributed by atoms with Crippen LogP contribution in [0.4, 0.5) is 0 Å². The number of benzene rings is 1. The third-order valence-corrected chi connectivity index (χ3v) is 3.67. The summed E-state index contributed by atoms with van der Waals surface area (Å²) in [5.41, 5.74) is 5.64. The first-order valence-corrected chi connectivity index (χ1v) is 6.30. The highest BCUT2D eigenvalue weighted by atomic mass is 16.3. The van der Waals surface area contributed by atoms with Crippen molar-refractivity contribution in [3.8, 4) is 0 Å². The molecule has 2 atom stereocenters. The summed E-state index contributed by atoms with van der Waals surface area (Å²) in [7, 11) is 0. The number of carbonyl (C=O) groups is 1. The largest absolute Gasteiger partial charge is 0.387 e. The molecular formula is C14H20N2O2. The summed E-state index contributed by atoms with van der Waals surface area (Å²) in [6, 6.07) is 8.97. The van der Waals surface area contributed by atoms with E-state index in [0.717, 1.165) is 6.54 Å². The van der Waals surface area contributed by atoms with Gasteiger partial charge in [-0.1, -0.05) is 30.3 Å². The van der Waals surface area contributed by atoms with Crippen LogP contribution in [0.3, 0.4) is 0 Å². The Bertz CT molecular complexity index is 419. The summed E-state index contributed by atoms with van der Waals surface area (Å²) in [6.07, 6.45) is 0.632. The van der Waals surface area contributed by atoms with E-state index in [1.807, 2.05) is 42.2 Å². The van der Waals surface area contributed by atoms with Crippen LogP contribution in [0.1, 0.15) is 23.7 Å². The van der Waals surface area contributed by atoms with Crippen molar-refractivity contribution in [3.05, 3.63) is 35.9 Å². The minimum atomic E-state index is -0.850. The van der Waals surface area contributed by atoms with Crippen molar-refractivity contribution in [1.82, 2.24) is 4.90 Å². The lowest BCUT2D eigenvalue weighted by atomic mass is 9.95. The van der Waals surface area contributed by atoms with Crippen molar-refractivity contribution in [3.63, 3.8) is 0 Å². The highest BCUT2D eigenvalue weighted by Gasteiger charge is 2.39. The molecule has 0 radical (unpaired) electrons. The van der Waals surface area contributed by atoms with Crippen molar-refractivity contribution in [2.45, 2.75) is 25.0 Å². The van der Waals surface area contributed by atoms with Crippen LogP contribution in [0, 0.1) is 0 Å². The minimum Gasteiger partial charge on any atom is -0.387 e. The number of β-amino-alcohol motifs (C(OH)–C–C–N with tert-alkyl or cyclic N) is 1. The van der Waals surface area contributed by atoms with Crippen molar-refractivity contribution in [2.75, 3.05) is 19.6 Å². The summed E-state index contributed by atoms with van der Waals surface area (Å²) in [4.78, 5) is 14.0. The highest BCUT2D eigenvalue weighted by molar-refractivity contribution is 5.97. The van der Waals surface area contributed by atoms with E-state index in [1.54, 1.807) is 0 Å². The van der Waals surface area contributed by atoms with Gasteiger partial charge in [-0.05, 0) is 13.3 Å². The molecule has 1 aliphatic rings. The second-order valence-corrected chi connectivity index (χ2v) is 5.14. The second-order valence-electron chi connectivity index (χ2n) is 5.14. The molecule has 1 aliphatic heterocycles. The van der Waals surface area contributed by atoms with Crippen LogP contribution in [0.25, 0.3) is 0 Å². The van der Waals surface area contributed by atoms with Gasteiger partial charge in [0.15, 0.2) is 5.78 Å². The Morgan fingerprint density at radius 3 is 2.72 bits per heavy atom. The Morgan fingerprint density at radius 1 is 1.50 bits per heavy atom. The standard InChI is InChI=1S/C14H20N2O2/c1-11(15)14(18)7-8-16(10-14)9-13(17)12-5-3-2-4-6-12/h2-6,11,18H,7-10,15H2,1H3. The molecule has 2 rings (SSSR count). The quantitative estimate of drug-likeness (QED) is 0.768. The van der Waals surface area contributed by atoms with E-state index in [4.69, 9.17) is 5.73 Å². The van der Waals surface area contributed by atoms with Crippen LogP contribution in [0.2, 0.25) is 0 Å². The Labute approximate surface area is 107 Å². The number of nitrogens with two attached hydrogens (primary N) is 1. The number of likely N-dealkylation sites (tertiary alicyclic amines) is 1. The van der Waals surface area contributed by atoms with Crippen molar-refractivity contribution >= 4 is 5.78 Å². The van der Waals surface area contributed by atoms with E-state index in [0.29, 0.717) is 25.1 Å². The van der Waals surface area contributed by atoms with Gasteiger partial charge in [-0.2, -0.15) is 0 Å². The summed E-state index contributed by atoms with van der Waals surface area (Å²) < 4.78 is 0. The molecule has 0 aromatic heterocycles. The van der Waals surface area contributed by atoms with Gasteiger partial charge in [0.25, 0.3) is 0 Å². The molecule has 0 bridgehead atoms. The normalized spacial score (nSPS) is 26.2. The lowest BCUT2D eigenvalue weighted by Gasteiger charge is -2.27. The maximum atomic E-state index is 12.0. The molecule has 0 aliphatic carbocycles. The predicted octanol–water partition coefficient (Wildman–Crippen LogP) is 0.653. The topological polar surface area (TPSA) is 66.6 Å². The molecule has 98 valence electrons. The zero-order valence-electron chi connectivity index (χ0n) is 10.7. The maximum absolute atomic E-state index is 12.0. The van der Waals surface area contributed by atoms with Crippen molar-refractivity contribution in [2.24, 2.45) is 5.73 Å². The zero-order valence-corrected chi connectivity index (χ0v) is 10.7. The van der Waals surface area contributed by atoms with Gasteiger partial charge < -0.3 is 10.8 Å². The summed E-state index contributed by atoms with van der Waals surface area (Å²) >= 11 is 0. The first-order valence-electron chi connectivity index (χ1n) is 6.30. The number of carbonyl (C=O) groups excluding carboxylic acids is 1. The molecule has 1 aromatic carbocycles. The summed E-state index contributed by atoms with van der Waals surface area (Å²) in [5, 5.41) is 10.2. The minimum absolute atomic E-state index is 0.0875. The molecule has 0 spiro atoms. The van der Waals surface area contributed by atoms with Crippen molar-refractivity contribution in [1.29, 1.82) is 0 Å². The molecule has 2 unspecified atom stereocenters. The molecule has 1 aromatic rings. The molecule has 0 saturated carbocycles. The van der Waals surface area contributed by atoms with E-state index in [9.17, 15) is 9.90 Å². The molecular weight excluding hydrogens is 228 g/mol. The number of nitrogens with zero attached hydrogens (tertiary/aromatic N) is 1. The predicted molar refractivity (Wildman–Crippen MR) is 70.4 cm³/mol. The average Bonchev–Trinajstić information content (AvgIpc) is 2.73. The first-order chi connectivity index (χ1) is 8.51. The number of hydrogen-bond donors (Lipinski definition) is 2. The first kappa shape index (κ1) is 13.2. The van der Waals surface area contributed by atoms with E-state index < -0.39 is 5.60 Å². The van der Waals surface area contributed by atoms with Gasteiger partial charge in [-0.25, -0.2) is 0 Å². The van der Waals surface area contributed by atoms with Gasteiger partial charge in [-0.15, -0.1) is 0 Å². The van der Waals surface area contributed by atoms with Gasteiger partial charge in [0.2, 0.25) is 0 Å². The Hall–Kier alpha value is -1.23. The monoisotopic (exact) mass is 248 g/mol. The molecule has 18 heavy (non-hydrogen) atoms. The van der Waals surface area contributed by atoms with Crippen LogP contribution >= 0.6 is 0 Å². The molecule has 1 fully saturated rings. The lowest BCUT2D eigenvalue weighted by molar-refractivity contribution is 0.0290. The molecule has 1 heterocycles. The summed E-state index contributed by atoms with van der Waals surface area (Å²) in [6.45, 7) is 3.35. The second kappa shape index (κ2) is 5.18. The molecule has 4 heteroatoms. The van der Waals surface area contributed by atoms with Crippen LogP contribution < -0.4 is 5.73 Å². The number of ketones is 1. The number of aliphatic hydroxyl groups is 1. The Kier molecular flexibility index (Phi) is 3.80. The van der Waals surface area contributed by atoms with Gasteiger partial charge in [0.1, 0.15) is 0 Å². The molecule has 3 N–H and O–H groups in total. The van der Waals surface area contributed by atoms with Gasteiger partial charge in [0.05, 0.1) is 12.1 Å². The number of rotatable bonds is 4. The number of Topliss-reactive ketones (excluding diaryl/α,β-unsaturated/α-hetero) is 1. The van der Waals surface area contributed by atoms with Crippen LogP contribution in [0.15, 0.2) is 30.3 Å². The van der Waals surface area contributed by atoms with Crippen molar-refractivity contribution < 1.29 is 9.90 Å². The molecule has 4 nitrogen and oxygen atoms in total. The highest BCUT2D eigenvalue weighted by Crippen LogP contribution is 2.23. The smallest absolute Gasteiger partial charge is 0.176 e. The molecule has 1 saturated heterocycles. The van der Waals surface area contributed by atoms with Gasteiger partial charge in [0, 0.05) is 24.7 Å². The van der Waals surface area contributed by atoms with E-state index in [1.165, 1.54) is 0 Å². The third kappa shape index (κ3) is 2.77. The van der Waals surface area contributed by atoms with Gasteiger partial charge >= 0.3 is 0 Å². The zero-order chi connectivity index (χ0) is 13.2.